The molecular weight excluding hydrogens is 358 g/mol. The zero-order valence-electron chi connectivity index (χ0n) is 14.9. The van der Waals surface area contributed by atoms with E-state index in [4.69, 9.17) is 9.72 Å². The normalized spacial score (nSPS) is 20.0. The molecule has 2 aliphatic rings. The number of carbonyl (C=O) groups excluding carboxylic acids is 1. The maximum absolute atomic E-state index is 13.1. The van der Waals surface area contributed by atoms with Gasteiger partial charge in [-0.2, -0.15) is 11.8 Å². The number of hydrogen-bond acceptors (Lipinski definition) is 4. The summed E-state index contributed by atoms with van der Waals surface area (Å²) in [6, 6.07) is 15.6. The Morgan fingerprint density at radius 3 is 2.70 bits per heavy atom. The molecule has 6 heteroatoms. The van der Waals surface area contributed by atoms with E-state index < -0.39 is 0 Å². The highest BCUT2D eigenvalue weighted by molar-refractivity contribution is 8.00. The van der Waals surface area contributed by atoms with Crippen LogP contribution in [0.3, 0.4) is 0 Å². The number of ether oxygens (including phenoxy) is 1. The Bertz CT molecular complexity index is 932. The van der Waals surface area contributed by atoms with Crippen molar-refractivity contribution in [1.82, 2.24) is 14.9 Å². The lowest BCUT2D eigenvalue weighted by Crippen LogP contribution is -2.31. The van der Waals surface area contributed by atoms with Gasteiger partial charge in [-0.15, -0.1) is 0 Å². The van der Waals surface area contributed by atoms with Crippen LogP contribution in [0.1, 0.15) is 35.1 Å². The van der Waals surface area contributed by atoms with Gasteiger partial charge < -0.3 is 14.6 Å². The molecule has 0 bridgehead atoms. The minimum atomic E-state index is 0.00725. The van der Waals surface area contributed by atoms with E-state index in [2.05, 4.69) is 4.98 Å². The molecule has 1 unspecified atom stereocenters. The molecule has 27 heavy (non-hydrogen) atoms. The van der Waals surface area contributed by atoms with E-state index >= 15 is 0 Å². The summed E-state index contributed by atoms with van der Waals surface area (Å²) < 4.78 is 5.87. The summed E-state index contributed by atoms with van der Waals surface area (Å²) in [6.07, 6.45) is 2.24. The third kappa shape index (κ3) is 3.18. The predicted octanol–water partition coefficient (Wildman–Crippen LogP) is 4.03. The van der Waals surface area contributed by atoms with E-state index in [0.717, 1.165) is 53.5 Å². The van der Waals surface area contributed by atoms with Gasteiger partial charge in [0.25, 0.3) is 5.91 Å². The Kier molecular flexibility index (Phi) is 4.28. The van der Waals surface area contributed by atoms with Crippen LogP contribution in [0.4, 0.5) is 0 Å². The van der Waals surface area contributed by atoms with Crippen molar-refractivity contribution < 1.29 is 9.53 Å². The number of likely N-dealkylation sites (tertiary alicyclic amines) is 1. The van der Waals surface area contributed by atoms with Gasteiger partial charge in [0.15, 0.2) is 0 Å². The van der Waals surface area contributed by atoms with Crippen molar-refractivity contribution in [2.24, 2.45) is 0 Å². The second-order valence-corrected chi connectivity index (χ2v) is 8.17. The van der Waals surface area contributed by atoms with E-state index in [-0.39, 0.29) is 11.9 Å². The number of amides is 1. The Labute approximate surface area is 162 Å². The van der Waals surface area contributed by atoms with Gasteiger partial charge in [-0.3, -0.25) is 4.79 Å². The van der Waals surface area contributed by atoms with Crippen LogP contribution in [-0.2, 0) is 0 Å². The lowest BCUT2D eigenvalue weighted by Gasteiger charge is -2.26. The van der Waals surface area contributed by atoms with Crippen molar-refractivity contribution in [2.75, 3.05) is 18.1 Å². The van der Waals surface area contributed by atoms with Crippen molar-refractivity contribution in [3.63, 3.8) is 0 Å². The molecule has 2 aliphatic heterocycles. The number of nitrogens with one attached hydrogen (secondary N) is 1. The first-order valence-corrected chi connectivity index (χ1v) is 10.5. The van der Waals surface area contributed by atoms with Gasteiger partial charge in [0, 0.05) is 23.6 Å². The van der Waals surface area contributed by atoms with Crippen molar-refractivity contribution in [2.45, 2.75) is 25.0 Å². The number of H-pyrrole nitrogens is 1. The highest BCUT2D eigenvalue weighted by Gasteiger charge is 2.32. The molecule has 0 radical (unpaired) electrons. The quantitative estimate of drug-likeness (QED) is 0.743. The SMILES string of the molecule is O=C(c1ccc(OC2CSC2)cc1)N1CCCC1c1nc2ccccc2[nH]1. The standard InChI is InChI=1S/C21H21N3O2S/c25-21(14-7-9-15(10-8-14)26-16-12-27-13-16)24-11-3-6-19(24)20-22-17-4-1-2-5-18(17)23-20/h1-2,4-5,7-10,16,19H,3,6,11-13H2,(H,22,23). The number of hydrogen-bond donors (Lipinski definition) is 1. The zero-order valence-corrected chi connectivity index (χ0v) is 15.7. The van der Waals surface area contributed by atoms with Crippen LogP contribution in [0.25, 0.3) is 11.0 Å². The fourth-order valence-electron chi connectivity index (χ4n) is 3.74. The molecule has 0 spiro atoms. The first-order valence-electron chi connectivity index (χ1n) is 9.38. The van der Waals surface area contributed by atoms with Gasteiger partial charge in [-0.25, -0.2) is 4.98 Å². The topological polar surface area (TPSA) is 58.2 Å². The van der Waals surface area contributed by atoms with Crippen molar-refractivity contribution in [3.8, 4) is 5.75 Å². The lowest BCUT2D eigenvalue weighted by molar-refractivity contribution is 0.0730. The molecule has 2 saturated heterocycles. The summed E-state index contributed by atoms with van der Waals surface area (Å²) in [5.74, 6) is 3.88. The summed E-state index contributed by atoms with van der Waals surface area (Å²) in [4.78, 5) is 23.1. The van der Waals surface area contributed by atoms with E-state index in [1.165, 1.54) is 0 Å². The van der Waals surface area contributed by atoms with Crippen LogP contribution in [0.2, 0.25) is 0 Å². The largest absolute Gasteiger partial charge is 0.489 e. The average Bonchev–Trinajstić information content (AvgIpc) is 3.31. The van der Waals surface area contributed by atoms with Crippen LogP contribution in [0.5, 0.6) is 5.75 Å². The van der Waals surface area contributed by atoms with Crippen LogP contribution < -0.4 is 4.74 Å². The van der Waals surface area contributed by atoms with E-state index in [1.807, 2.05) is 65.2 Å². The second kappa shape index (κ2) is 6.93. The highest BCUT2D eigenvalue weighted by atomic mass is 32.2. The molecule has 5 rings (SSSR count). The number of nitrogens with zero attached hydrogens (tertiary/aromatic N) is 2. The van der Waals surface area contributed by atoms with Crippen molar-refractivity contribution >= 4 is 28.7 Å². The van der Waals surface area contributed by atoms with Crippen LogP contribution >= 0.6 is 11.8 Å². The maximum Gasteiger partial charge on any atom is 0.254 e. The minimum absolute atomic E-state index is 0.00725. The number of aromatic nitrogens is 2. The van der Waals surface area contributed by atoms with Gasteiger partial charge in [0.05, 0.1) is 17.1 Å². The average molecular weight is 379 g/mol. The monoisotopic (exact) mass is 379 g/mol. The molecule has 2 aromatic carbocycles. The number of thioether (sulfide) groups is 1. The summed E-state index contributed by atoms with van der Waals surface area (Å²) in [7, 11) is 0. The molecule has 0 saturated carbocycles. The number of carbonyl (C=O) groups is 1. The molecule has 0 aliphatic carbocycles. The fourth-order valence-corrected chi connectivity index (χ4v) is 4.31. The van der Waals surface area contributed by atoms with E-state index in [1.54, 1.807) is 0 Å². The maximum atomic E-state index is 13.1. The van der Waals surface area contributed by atoms with Gasteiger partial charge in [0.1, 0.15) is 17.7 Å². The number of para-hydroxylation sites is 2. The molecule has 1 aromatic heterocycles. The molecule has 138 valence electrons. The summed E-state index contributed by atoms with van der Waals surface area (Å²) >= 11 is 1.89. The lowest BCUT2D eigenvalue weighted by atomic mass is 10.1. The predicted molar refractivity (Wildman–Crippen MR) is 107 cm³/mol. The first-order chi connectivity index (χ1) is 13.3. The third-order valence-corrected chi connectivity index (χ3v) is 6.46. The first kappa shape index (κ1) is 16.7. The summed E-state index contributed by atoms with van der Waals surface area (Å²) in [5, 5.41) is 0. The number of aromatic amines is 1. The Morgan fingerprint density at radius 2 is 1.96 bits per heavy atom. The minimum Gasteiger partial charge on any atom is -0.489 e. The van der Waals surface area contributed by atoms with Gasteiger partial charge in [0.2, 0.25) is 0 Å². The number of imidazole rings is 1. The molecule has 1 atom stereocenters. The van der Waals surface area contributed by atoms with E-state index in [9.17, 15) is 4.79 Å². The van der Waals surface area contributed by atoms with E-state index in [0.29, 0.717) is 11.7 Å². The van der Waals surface area contributed by atoms with Gasteiger partial charge >= 0.3 is 0 Å². The zero-order chi connectivity index (χ0) is 18.2. The molecule has 5 nitrogen and oxygen atoms in total. The van der Waals surface area contributed by atoms with Crippen molar-refractivity contribution in [3.05, 3.63) is 59.9 Å². The Morgan fingerprint density at radius 1 is 1.15 bits per heavy atom. The van der Waals surface area contributed by atoms with Crippen LogP contribution in [-0.4, -0.2) is 44.9 Å². The fraction of sp³-hybridized carbons (Fsp3) is 0.333. The number of fused-ring (bicyclic) bond motifs is 1. The smallest absolute Gasteiger partial charge is 0.254 e. The summed E-state index contributed by atoms with van der Waals surface area (Å²) in [5.41, 5.74) is 2.67. The number of rotatable bonds is 4. The molecule has 2 fully saturated rings. The molecule has 3 aromatic rings. The molecule has 3 heterocycles. The molecule has 1 N–H and O–H groups in total. The molecular formula is C21H21N3O2S. The third-order valence-electron chi connectivity index (χ3n) is 5.25. The second-order valence-electron chi connectivity index (χ2n) is 7.10. The highest BCUT2D eigenvalue weighted by Crippen LogP contribution is 2.33. The summed E-state index contributed by atoms with van der Waals surface area (Å²) in [6.45, 7) is 0.762. The van der Waals surface area contributed by atoms with Crippen LogP contribution in [0.15, 0.2) is 48.5 Å². The Balaban J connectivity index is 1.35. The molecule has 1 amide bonds. The van der Waals surface area contributed by atoms with Crippen molar-refractivity contribution in [1.29, 1.82) is 0 Å². The van der Waals surface area contributed by atoms with Gasteiger partial charge in [-0.05, 0) is 49.2 Å². The Hall–Kier alpha value is -2.47. The van der Waals surface area contributed by atoms with Gasteiger partial charge in [-0.1, -0.05) is 12.1 Å². The van der Waals surface area contributed by atoms with Crippen LogP contribution in [0, 0.1) is 0 Å². The number of benzene rings is 2.